The smallest absolute Gasteiger partial charge is 0.230 e. The van der Waals surface area contributed by atoms with Crippen molar-refractivity contribution in [2.45, 2.75) is 10.9 Å². The number of rotatable bonds is 7. The molecule has 1 amide bonds. The molecule has 1 aromatic heterocycles. The average molecular weight is 381 g/mol. The molecule has 0 unspecified atom stereocenters. The summed E-state index contributed by atoms with van der Waals surface area (Å²) < 4.78 is 19.0. The standard InChI is InChI=1S/C18H21FN2O2S2/c19-14-4-1-2-5-16(14)25-13-18(22)20-12-15(17-6-3-11-24-17)21-7-9-23-10-8-21/h1-6,11,15H,7-10,12-13H2,(H,20,22)/t15-/m0/s1. The van der Waals surface area contributed by atoms with E-state index in [4.69, 9.17) is 4.74 Å². The second kappa shape index (κ2) is 9.33. The van der Waals surface area contributed by atoms with E-state index in [1.54, 1.807) is 29.5 Å². The molecule has 1 aliphatic rings. The second-order valence-electron chi connectivity index (χ2n) is 5.70. The topological polar surface area (TPSA) is 41.6 Å². The van der Waals surface area contributed by atoms with Crippen LogP contribution in [0.5, 0.6) is 0 Å². The second-order valence-corrected chi connectivity index (χ2v) is 7.70. The van der Waals surface area contributed by atoms with Gasteiger partial charge in [-0.15, -0.1) is 23.1 Å². The van der Waals surface area contributed by atoms with Gasteiger partial charge in [0, 0.05) is 29.4 Å². The molecule has 2 aromatic rings. The van der Waals surface area contributed by atoms with Crippen molar-refractivity contribution in [3.8, 4) is 0 Å². The highest BCUT2D eigenvalue weighted by Crippen LogP contribution is 2.25. The fraction of sp³-hybridized carbons (Fsp3) is 0.389. The predicted molar refractivity (Wildman–Crippen MR) is 99.6 cm³/mol. The maximum absolute atomic E-state index is 13.6. The van der Waals surface area contributed by atoms with Crippen LogP contribution in [-0.2, 0) is 9.53 Å². The van der Waals surface area contributed by atoms with Gasteiger partial charge in [-0.3, -0.25) is 9.69 Å². The minimum atomic E-state index is -0.287. The first-order valence-electron chi connectivity index (χ1n) is 8.23. The Morgan fingerprint density at radius 3 is 2.80 bits per heavy atom. The number of ether oxygens (including phenoxy) is 1. The zero-order valence-corrected chi connectivity index (χ0v) is 15.5. The molecule has 4 nitrogen and oxygen atoms in total. The Morgan fingerprint density at radius 2 is 2.08 bits per heavy atom. The lowest BCUT2D eigenvalue weighted by atomic mass is 10.2. The molecule has 1 aliphatic heterocycles. The number of halogens is 1. The van der Waals surface area contributed by atoms with Gasteiger partial charge in [0.1, 0.15) is 5.82 Å². The van der Waals surface area contributed by atoms with Crippen molar-refractivity contribution in [3.05, 3.63) is 52.5 Å². The van der Waals surface area contributed by atoms with E-state index in [-0.39, 0.29) is 23.5 Å². The summed E-state index contributed by atoms with van der Waals surface area (Å²) in [7, 11) is 0. The minimum Gasteiger partial charge on any atom is -0.379 e. The first-order chi connectivity index (χ1) is 12.2. The summed E-state index contributed by atoms with van der Waals surface area (Å²) in [5, 5.41) is 5.05. The summed E-state index contributed by atoms with van der Waals surface area (Å²) in [6.07, 6.45) is 0. The molecule has 0 saturated carbocycles. The van der Waals surface area contributed by atoms with E-state index in [2.05, 4.69) is 21.7 Å². The van der Waals surface area contributed by atoms with Crippen LogP contribution in [-0.4, -0.2) is 49.4 Å². The molecule has 1 atom stereocenters. The van der Waals surface area contributed by atoms with E-state index in [1.165, 1.54) is 22.7 Å². The number of nitrogens with zero attached hydrogens (tertiary/aromatic N) is 1. The van der Waals surface area contributed by atoms with Crippen molar-refractivity contribution in [3.63, 3.8) is 0 Å². The minimum absolute atomic E-state index is 0.0805. The Hall–Kier alpha value is -1.41. The predicted octanol–water partition coefficient (Wildman–Crippen LogP) is 3.17. The maximum atomic E-state index is 13.6. The number of nitrogens with one attached hydrogen (secondary N) is 1. The molecular weight excluding hydrogens is 359 g/mol. The van der Waals surface area contributed by atoms with Gasteiger partial charge in [-0.2, -0.15) is 0 Å². The molecule has 1 N–H and O–H groups in total. The molecule has 134 valence electrons. The van der Waals surface area contributed by atoms with Crippen LogP contribution in [0.25, 0.3) is 0 Å². The Labute approximate surface area is 155 Å². The average Bonchev–Trinajstić information content (AvgIpc) is 3.16. The van der Waals surface area contributed by atoms with E-state index in [1.807, 2.05) is 6.07 Å². The van der Waals surface area contributed by atoms with Crippen LogP contribution in [0.2, 0.25) is 0 Å². The zero-order valence-electron chi connectivity index (χ0n) is 13.8. The quantitative estimate of drug-likeness (QED) is 0.749. The Balaban J connectivity index is 1.53. The fourth-order valence-electron chi connectivity index (χ4n) is 2.75. The van der Waals surface area contributed by atoms with Crippen LogP contribution in [0.4, 0.5) is 4.39 Å². The molecule has 0 bridgehead atoms. The van der Waals surface area contributed by atoms with Crippen LogP contribution < -0.4 is 5.32 Å². The van der Waals surface area contributed by atoms with Crippen molar-refractivity contribution in [2.24, 2.45) is 0 Å². The first kappa shape index (κ1) is 18.4. The third-order valence-electron chi connectivity index (χ3n) is 4.05. The highest BCUT2D eigenvalue weighted by Gasteiger charge is 2.23. The highest BCUT2D eigenvalue weighted by atomic mass is 32.2. The molecular formula is C18H21FN2O2S2. The van der Waals surface area contributed by atoms with Crippen LogP contribution in [0.15, 0.2) is 46.7 Å². The Bertz CT molecular complexity index is 675. The van der Waals surface area contributed by atoms with Crippen LogP contribution in [0.1, 0.15) is 10.9 Å². The van der Waals surface area contributed by atoms with Gasteiger partial charge in [0.25, 0.3) is 0 Å². The number of benzene rings is 1. The van der Waals surface area contributed by atoms with Gasteiger partial charge < -0.3 is 10.1 Å². The molecule has 0 spiro atoms. The van der Waals surface area contributed by atoms with Crippen LogP contribution in [0, 0.1) is 5.82 Å². The van der Waals surface area contributed by atoms with Gasteiger partial charge in [0.05, 0.1) is 25.0 Å². The van der Waals surface area contributed by atoms with Gasteiger partial charge in [0.15, 0.2) is 0 Å². The van der Waals surface area contributed by atoms with Gasteiger partial charge in [-0.1, -0.05) is 18.2 Å². The molecule has 0 radical (unpaired) electrons. The van der Waals surface area contributed by atoms with Crippen LogP contribution in [0.3, 0.4) is 0 Å². The number of thioether (sulfide) groups is 1. The number of hydrogen-bond donors (Lipinski definition) is 1. The molecule has 1 fully saturated rings. The van der Waals surface area contributed by atoms with Crippen molar-refractivity contribution >= 4 is 29.0 Å². The number of thiophene rings is 1. The largest absolute Gasteiger partial charge is 0.379 e. The third-order valence-corrected chi connectivity index (χ3v) is 6.07. The molecule has 1 saturated heterocycles. The van der Waals surface area contributed by atoms with Gasteiger partial charge >= 0.3 is 0 Å². The normalized spacial score (nSPS) is 16.5. The Kier molecular flexibility index (Phi) is 6.86. The summed E-state index contributed by atoms with van der Waals surface area (Å²) in [5.74, 6) is -0.158. The summed E-state index contributed by atoms with van der Waals surface area (Å²) >= 11 is 2.92. The lowest BCUT2D eigenvalue weighted by Crippen LogP contribution is -2.43. The summed E-state index contributed by atoms with van der Waals surface area (Å²) in [6.45, 7) is 3.72. The van der Waals surface area contributed by atoms with E-state index in [0.29, 0.717) is 11.4 Å². The lowest BCUT2D eigenvalue weighted by Gasteiger charge is -2.34. The Morgan fingerprint density at radius 1 is 1.28 bits per heavy atom. The third kappa shape index (κ3) is 5.28. The number of carbonyl (C=O) groups is 1. The lowest BCUT2D eigenvalue weighted by molar-refractivity contribution is -0.118. The van der Waals surface area contributed by atoms with E-state index >= 15 is 0 Å². The highest BCUT2D eigenvalue weighted by molar-refractivity contribution is 8.00. The van der Waals surface area contributed by atoms with Gasteiger partial charge in [0.2, 0.25) is 5.91 Å². The maximum Gasteiger partial charge on any atom is 0.230 e. The van der Waals surface area contributed by atoms with Crippen molar-refractivity contribution in [1.29, 1.82) is 0 Å². The van der Waals surface area contributed by atoms with E-state index in [9.17, 15) is 9.18 Å². The fourth-order valence-corrected chi connectivity index (χ4v) is 4.38. The van der Waals surface area contributed by atoms with Gasteiger partial charge in [-0.05, 0) is 23.6 Å². The summed E-state index contributed by atoms with van der Waals surface area (Å²) in [4.78, 5) is 16.3. The van der Waals surface area contributed by atoms with Crippen molar-refractivity contribution in [2.75, 3.05) is 38.6 Å². The van der Waals surface area contributed by atoms with E-state index in [0.717, 1.165) is 26.3 Å². The molecule has 3 rings (SSSR count). The molecule has 25 heavy (non-hydrogen) atoms. The van der Waals surface area contributed by atoms with Crippen molar-refractivity contribution < 1.29 is 13.9 Å². The number of carbonyl (C=O) groups excluding carboxylic acids is 1. The first-order valence-corrected chi connectivity index (χ1v) is 10.1. The number of morpholine rings is 1. The van der Waals surface area contributed by atoms with Crippen molar-refractivity contribution in [1.82, 2.24) is 10.2 Å². The monoisotopic (exact) mass is 380 g/mol. The SMILES string of the molecule is O=C(CSc1ccccc1F)NC[C@@H](c1cccs1)N1CCOCC1. The molecule has 1 aromatic carbocycles. The number of amides is 1. The summed E-state index contributed by atoms with van der Waals surface area (Å²) in [5.41, 5.74) is 0. The van der Waals surface area contributed by atoms with Gasteiger partial charge in [-0.25, -0.2) is 4.39 Å². The molecule has 7 heteroatoms. The molecule has 2 heterocycles. The summed E-state index contributed by atoms with van der Waals surface area (Å²) in [6, 6.07) is 10.8. The van der Waals surface area contributed by atoms with Crippen LogP contribution >= 0.6 is 23.1 Å². The zero-order chi connectivity index (χ0) is 17.5. The van der Waals surface area contributed by atoms with E-state index < -0.39 is 0 Å². The number of hydrogen-bond acceptors (Lipinski definition) is 5. The molecule has 0 aliphatic carbocycles.